The number of urea groups is 1. The van der Waals surface area contributed by atoms with Crippen molar-refractivity contribution < 1.29 is 46.5 Å². The van der Waals surface area contributed by atoms with Gasteiger partial charge < -0.3 is 35.8 Å². The van der Waals surface area contributed by atoms with Crippen molar-refractivity contribution in [1.82, 2.24) is 15.3 Å². The molecule has 0 aliphatic heterocycles. The van der Waals surface area contributed by atoms with E-state index in [1.54, 1.807) is 0 Å². The summed E-state index contributed by atoms with van der Waals surface area (Å²) in [5.74, 6) is -1.93. The van der Waals surface area contributed by atoms with Gasteiger partial charge in [0.1, 0.15) is 34.5 Å². The van der Waals surface area contributed by atoms with Crippen molar-refractivity contribution in [2.75, 3.05) is 23.0 Å². The molecule has 256 valence electrons. The van der Waals surface area contributed by atoms with E-state index in [2.05, 4.69) is 31.2 Å². The molecule has 0 aliphatic rings. The monoisotopic (exact) mass is 710 g/mol. The lowest BCUT2D eigenvalue weighted by Crippen LogP contribution is -2.20. The fraction of sp³-hybridized carbons (Fsp3) is 0.0606. The molecule has 0 fully saturated rings. The fourth-order valence-electron chi connectivity index (χ4n) is 4.28. The minimum atomic E-state index is -4.77. The smallest absolute Gasteiger partial charge is 0.417 e. The van der Waals surface area contributed by atoms with E-state index in [9.17, 15) is 32.7 Å². The molecule has 0 aliphatic carbocycles. The molecule has 12 nitrogen and oxygen atoms in total. The summed E-state index contributed by atoms with van der Waals surface area (Å²) in [6, 6.07) is 15.3. The summed E-state index contributed by atoms with van der Waals surface area (Å²) in [6.45, 7) is 0. The van der Waals surface area contributed by atoms with Crippen LogP contribution >= 0.6 is 11.6 Å². The van der Waals surface area contributed by atoms with E-state index < -0.39 is 40.5 Å². The predicted octanol–water partition coefficient (Wildman–Crippen LogP) is 8.32. The summed E-state index contributed by atoms with van der Waals surface area (Å²) in [5.41, 5.74) is -1.46. The third-order valence-corrected chi connectivity index (χ3v) is 6.93. The van der Waals surface area contributed by atoms with Gasteiger partial charge in [0.05, 0.1) is 33.8 Å². The van der Waals surface area contributed by atoms with Crippen LogP contribution in [0.5, 0.6) is 23.0 Å². The molecule has 3 amide bonds. The zero-order valence-electron chi connectivity index (χ0n) is 25.4. The Morgan fingerprint density at radius 3 is 2.10 bits per heavy atom. The summed E-state index contributed by atoms with van der Waals surface area (Å²) in [7, 11) is 1.46. The van der Waals surface area contributed by atoms with Gasteiger partial charge >= 0.3 is 18.2 Å². The van der Waals surface area contributed by atoms with Crippen molar-refractivity contribution in [2.45, 2.75) is 6.18 Å². The first-order chi connectivity index (χ1) is 23.8. The van der Waals surface area contributed by atoms with Crippen molar-refractivity contribution in [2.24, 2.45) is 0 Å². The Morgan fingerprint density at radius 1 is 0.760 bits per heavy atom. The van der Waals surface area contributed by atoms with Gasteiger partial charge in [0.25, 0.3) is 5.91 Å². The lowest BCUT2D eigenvalue weighted by molar-refractivity contribution is -0.137. The van der Waals surface area contributed by atoms with Crippen molar-refractivity contribution >= 4 is 52.3 Å². The Kier molecular flexibility index (Phi) is 10.3. The van der Waals surface area contributed by atoms with Crippen LogP contribution in [0.2, 0.25) is 5.02 Å². The molecule has 2 aromatic heterocycles. The van der Waals surface area contributed by atoms with Crippen LogP contribution in [-0.4, -0.2) is 40.0 Å². The number of hydrogen-bond acceptors (Lipinski definition) is 8. The lowest BCUT2D eigenvalue weighted by atomic mass is 10.2. The number of pyridine rings is 2. The standard InChI is InChI=1S/C33H23ClF4N6O6/c1-39-30(45)27-9-5-21(16-41-27)50-18-3-7-25(24(35)13-18)43-28-14-19(49-20-10-11-40-29(15-20)31(46)47)4-8-26(28)44-32(48)42-17-2-6-23(34)22(12-17)33(36,37)38/h2-16,43H,1H3,(H,39,45)(H,46,47)(H2,42,44,48). The van der Waals surface area contributed by atoms with Crippen molar-refractivity contribution in [3.05, 3.63) is 119 Å². The number of nitrogens with one attached hydrogen (secondary N) is 4. The van der Waals surface area contributed by atoms with Crippen LogP contribution in [0.4, 0.5) is 45.1 Å². The van der Waals surface area contributed by atoms with Crippen LogP contribution in [0.1, 0.15) is 26.5 Å². The van der Waals surface area contributed by atoms with E-state index >= 15 is 4.39 Å². The number of hydrogen-bond donors (Lipinski definition) is 5. The first kappa shape index (κ1) is 34.9. The zero-order valence-corrected chi connectivity index (χ0v) is 26.2. The van der Waals surface area contributed by atoms with E-state index in [-0.39, 0.29) is 57.1 Å². The topological polar surface area (TPSA) is 164 Å². The molecule has 0 spiro atoms. The van der Waals surface area contributed by atoms with Crippen LogP contribution in [0.25, 0.3) is 0 Å². The number of benzene rings is 3. The molecule has 5 N–H and O–H groups in total. The summed E-state index contributed by atoms with van der Waals surface area (Å²) in [6.07, 6.45) is -2.25. The summed E-state index contributed by atoms with van der Waals surface area (Å²) in [5, 5.41) is 18.8. The van der Waals surface area contributed by atoms with E-state index in [1.165, 1.54) is 80.1 Å². The van der Waals surface area contributed by atoms with E-state index in [0.29, 0.717) is 6.07 Å². The molecule has 5 rings (SSSR count). The third kappa shape index (κ3) is 8.73. The summed E-state index contributed by atoms with van der Waals surface area (Å²) in [4.78, 5) is 43.7. The number of nitrogens with zero attached hydrogens (tertiary/aromatic N) is 2. The van der Waals surface area contributed by atoms with E-state index in [4.69, 9.17) is 21.1 Å². The van der Waals surface area contributed by atoms with Gasteiger partial charge in [-0.05, 0) is 60.7 Å². The molecule has 0 bridgehead atoms. The number of aromatic nitrogens is 2. The van der Waals surface area contributed by atoms with Crippen LogP contribution in [0.15, 0.2) is 91.3 Å². The number of carbonyl (C=O) groups excluding carboxylic acids is 2. The van der Waals surface area contributed by atoms with Gasteiger partial charge in [-0.25, -0.2) is 23.9 Å². The Labute approximate surface area is 285 Å². The number of amides is 3. The Bertz CT molecular complexity index is 2080. The second-order valence-corrected chi connectivity index (χ2v) is 10.5. The molecular weight excluding hydrogens is 688 g/mol. The minimum Gasteiger partial charge on any atom is -0.477 e. The highest BCUT2D eigenvalue weighted by Crippen LogP contribution is 2.37. The number of aromatic carboxylic acids is 1. The average molecular weight is 711 g/mol. The summed E-state index contributed by atoms with van der Waals surface area (Å²) < 4.78 is 66.8. The first-order valence-electron chi connectivity index (χ1n) is 14.2. The molecule has 50 heavy (non-hydrogen) atoms. The van der Waals surface area contributed by atoms with Gasteiger partial charge in [0.2, 0.25) is 0 Å². The summed E-state index contributed by atoms with van der Waals surface area (Å²) >= 11 is 5.67. The maximum Gasteiger partial charge on any atom is 0.417 e. The molecule has 0 radical (unpaired) electrons. The van der Waals surface area contributed by atoms with Crippen molar-refractivity contribution in [3.8, 4) is 23.0 Å². The third-order valence-electron chi connectivity index (χ3n) is 6.60. The van der Waals surface area contributed by atoms with Crippen LogP contribution in [0, 0.1) is 5.82 Å². The molecule has 2 heterocycles. The molecule has 0 saturated heterocycles. The average Bonchev–Trinajstić information content (AvgIpc) is 3.07. The quantitative estimate of drug-likeness (QED) is 0.0897. The molecule has 0 unspecified atom stereocenters. The van der Waals surface area contributed by atoms with E-state index in [1.807, 2.05) is 0 Å². The number of ether oxygens (including phenoxy) is 2. The number of halogens is 5. The van der Waals surface area contributed by atoms with Gasteiger partial charge in [-0.3, -0.25) is 4.79 Å². The lowest BCUT2D eigenvalue weighted by Gasteiger charge is -2.17. The second-order valence-electron chi connectivity index (χ2n) is 10.1. The molecular formula is C33H23ClF4N6O6. The maximum absolute atomic E-state index is 15.4. The number of alkyl halides is 3. The largest absolute Gasteiger partial charge is 0.477 e. The van der Waals surface area contributed by atoms with Gasteiger partial charge in [0.15, 0.2) is 5.69 Å². The van der Waals surface area contributed by atoms with Crippen molar-refractivity contribution in [1.29, 1.82) is 0 Å². The predicted molar refractivity (Wildman–Crippen MR) is 174 cm³/mol. The zero-order chi connectivity index (χ0) is 36.0. The minimum absolute atomic E-state index is 0.0443. The second kappa shape index (κ2) is 14.8. The maximum atomic E-state index is 15.4. The van der Waals surface area contributed by atoms with Gasteiger partial charge in [-0.2, -0.15) is 13.2 Å². The highest BCUT2D eigenvalue weighted by atomic mass is 35.5. The fourth-order valence-corrected chi connectivity index (χ4v) is 4.50. The molecule has 17 heteroatoms. The number of anilines is 4. The molecule has 0 saturated carbocycles. The number of carboxylic acid groups (broad SMARTS) is 1. The van der Waals surface area contributed by atoms with Gasteiger partial charge in [0, 0.05) is 37.1 Å². The number of carboxylic acids is 1. The SMILES string of the molecule is CNC(=O)c1ccc(Oc2ccc(Nc3cc(Oc4ccnc(C(=O)O)c4)ccc3NC(=O)Nc3ccc(Cl)c(C(F)(F)F)c3)c(F)c2)cn1. The number of carbonyl (C=O) groups is 3. The molecule has 0 atom stereocenters. The molecule has 5 aromatic rings. The Morgan fingerprint density at radius 2 is 1.44 bits per heavy atom. The van der Waals surface area contributed by atoms with Gasteiger partial charge in [-0.1, -0.05) is 11.6 Å². The van der Waals surface area contributed by atoms with E-state index in [0.717, 1.165) is 12.1 Å². The highest BCUT2D eigenvalue weighted by molar-refractivity contribution is 6.31. The highest BCUT2D eigenvalue weighted by Gasteiger charge is 2.33. The Balaban J connectivity index is 1.40. The van der Waals surface area contributed by atoms with Gasteiger partial charge in [-0.15, -0.1) is 0 Å². The van der Waals surface area contributed by atoms with Crippen molar-refractivity contribution in [3.63, 3.8) is 0 Å². The molecule has 3 aromatic carbocycles. The van der Waals surface area contributed by atoms with Crippen LogP contribution in [0.3, 0.4) is 0 Å². The van der Waals surface area contributed by atoms with Crippen LogP contribution in [-0.2, 0) is 6.18 Å². The normalized spacial score (nSPS) is 10.9. The number of rotatable bonds is 10. The Hall–Kier alpha value is -6.42. The van der Waals surface area contributed by atoms with Crippen LogP contribution < -0.4 is 30.7 Å². The first-order valence-corrected chi connectivity index (χ1v) is 14.6.